The third-order valence-electron chi connectivity index (χ3n) is 7.74. The Hall–Kier alpha value is -1.55. The van der Waals surface area contributed by atoms with Crippen LogP contribution in [0, 0.1) is 5.41 Å². The van der Waals surface area contributed by atoms with Gasteiger partial charge in [0.15, 0.2) is 5.67 Å². The summed E-state index contributed by atoms with van der Waals surface area (Å²) in [7, 11) is 5.58. The highest BCUT2D eigenvalue weighted by Gasteiger charge is 2.53. The second-order valence-electron chi connectivity index (χ2n) is 10.4. The summed E-state index contributed by atoms with van der Waals surface area (Å²) in [4.78, 5) is 16.7. The van der Waals surface area contributed by atoms with Gasteiger partial charge in [-0.15, -0.1) is 0 Å². The van der Waals surface area contributed by atoms with Crippen molar-refractivity contribution in [2.45, 2.75) is 69.7 Å². The van der Waals surface area contributed by atoms with Crippen LogP contribution in [-0.4, -0.2) is 85.3 Å². The summed E-state index contributed by atoms with van der Waals surface area (Å²) in [5.41, 5.74) is 7.63. The number of likely N-dealkylation sites (N-methyl/N-ethyl adjacent to an activating group) is 1. The Labute approximate surface area is 196 Å². The minimum Gasteiger partial charge on any atom is -0.384 e. The normalized spacial score (nSPS) is 21.9. The fraction of sp³-hybridized carbons (Fsp3) is 0.833. The van der Waals surface area contributed by atoms with Crippen molar-refractivity contribution in [3.8, 4) is 0 Å². The lowest BCUT2D eigenvalue weighted by atomic mass is 9.69. The van der Waals surface area contributed by atoms with Crippen molar-refractivity contribution in [3.63, 3.8) is 0 Å². The first-order chi connectivity index (χ1) is 15.8. The van der Waals surface area contributed by atoms with Crippen LogP contribution in [0.5, 0.6) is 0 Å². The third-order valence-corrected chi connectivity index (χ3v) is 7.74. The van der Waals surface area contributed by atoms with Crippen LogP contribution in [0.4, 0.5) is 4.39 Å². The monoisotopic (exact) mass is 465 g/mol. The molecule has 0 saturated heterocycles. The highest BCUT2D eigenvalue weighted by Crippen LogP contribution is 2.46. The number of hydrogen-bond donors (Lipinski definition) is 1. The van der Waals surface area contributed by atoms with E-state index in [4.69, 9.17) is 20.3 Å². The zero-order valence-electron chi connectivity index (χ0n) is 20.4. The zero-order valence-corrected chi connectivity index (χ0v) is 20.4. The largest absolute Gasteiger partial charge is 0.384 e. The number of amides is 1. The van der Waals surface area contributed by atoms with Crippen molar-refractivity contribution in [2.75, 3.05) is 54.1 Å². The van der Waals surface area contributed by atoms with Gasteiger partial charge in [-0.3, -0.25) is 14.4 Å². The molecule has 0 spiro atoms. The highest BCUT2D eigenvalue weighted by atomic mass is 19.1. The number of aromatic nitrogens is 2. The van der Waals surface area contributed by atoms with E-state index in [1.165, 1.54) is 5.56 Å². The number of fused-ring (bicyclic) bond motifs is 1. The quantitative estimate of drug-likeness (QED) is 0.569. The molecule has 1 aliphatic heterocycles. The molecule has 2 heterocycles. The SMILES string of the molecule is COCC1(COC)CCC(c2c(CN(C)CCN)nn3c2CN(C(=O)C2(F)CC2)CC3)CC1. The van der Waals surface area contributed by atoms with Crippen molar-refractivity contribution >= 4 is 5.91 Å². The molecule has 4 rings (SSSR count). The van der Waals surface area contributed by atoms with Crippen molar-refractivity contribution in [3.05, 3.63) is 17.0 Å². The van der Waals surface area contributed by atoms with E-state index in [-0.39, 0.29) is 11.3 Å². The molecular weight excluding hydrogens is 425 g/mol. The van der Waals surface area contributed by atoms with Gasteiger partial charge >= 0.3 is 0 Å². The minimum absolute atomic E-state index is 0.0539. The number of halogens is 1. The molecule has 186 valence electrons. The van der Waals surface area contributed by atoms with Gasteiger partial charge in [-0.2, -0.15) is 5.10 Å². The molecule has 1 aromatic heterocycles. The molecule has 9 heteroatoms. The molecule has 33 heavy (non-hydrogen) atoms. The van der Waals surface area contributed by atoms with Crippen LogP contribution >= 0.6 is 0 Å². The average Bonchev–Trinajstić information content (AvgIpc) is 3.45. The number of ether oxygens (including phenoxy) is 2. The van der Waals surface area contributed by atoms with Gasteiger partial charge in [-0.25, -0.2) is 4.39 Å². The Bertz CT molecular complexity index is 824. The molecule has 8 nitrogen and oxygen atoms in total. The average molecular weight is 466 g/mol. The lowest BCUT2D eigenvalue weighted by Crippen LogP contribution is -2.43. The molecule has 3 aliphatic rings. The molecule has 2 N–H and O–H groups in total. The Balaban J connectivity index is 1.59. The molecule has 0 aromatic carbocycles. The summed E-state index contributed by atoms with van der Waals surface area (Å²) in [5, 5.41) is 4.98. The summed E-state index contributed by atoms with van der Waals surface area (Å²) in [6.07, 6.45) is 4.82. The number of methoxy groups -OCH3 is 2. The number of rotatable bonds is 10. The highest BCUT2D eigenvalue weighted by molar-refractivity contribution is 5.88. The maximum Gasteiger partial charge on any atom is 0.260 e. The van der Waals surface area contributed by atoms with Crippen LogP contribution in [0.25, 0.3) is 0 Å². The van der Waals surface area contributed by atoms with Gasteiger partial charge in [0.25, 0.3) is 5.91 Å². The first kappa shape index (κ1) is 24.6. The second-order valence-corrected chi connectivity index (χ2v) is 10.4. The maximum absolute atomic E-state index is 14.5. The van der Waals surface area contributed by atoms with Gasteiger partial charge in [0.2, 0.25) is 0 Å². The smallest absolute Gasteiger partial charge is 0.260 e. The van der Waals surface area contributed by atoms with E-state index in [1.807, 2.05) is 0 Å². The summed E-state index contributed by atoms with van der Waals surface area (Å²) in [6.45, 7) is 5.11. The number of nitrogens with two attached hydrogens (primary N) is 1. The topological polar surface area (TPSA) is 85.8 Å². The van der Waals surface area contributed by atoms with Crippen LogP contribution in [0.1, 0.15) is 61.4 Å². The van der Waals surface area contributed by atoms with E-state index in [2.05, 4.69) is 16.6 Å². The molecule has 1 aromatic rings. The fourth-order valence-electron chi connectivity index (χ4n) is 5.78. The fourth-order valence-corrected chi connectivity index (χ4v) is 5.78. The summed E-state index contributed by atoms with van der Waals surface area (Å²) in [6, 6.07) is 0. The van der Waals surface area contributed by atoms with Crippen LogP contribution < -0.4 is 5.73 Å². The van der Waals surface area contributed by atoms with Crippen LogP contribution in [-0.2, 0) is 33.9 Å². The molecule has 1 amide bonds. The van der Waals surface area contributed by atoms with Crippen molar-refractivity contribution in [1.29, 1.82) is 0 Å². The Morgan fingerprint density at radius 1 is 1.18 bits per heavy atom. The molecule has 2 fully saturated rings. The van der Waals surface area contributed by atoms with Crippen LogP contribution in [0.2, 0.25) is 0 Å². The van der Waals surface area contributed by atoms with E-state index < -0.39 is 5.67 Å². The zero-order chi connectivity index (χ0) is 23.6. The first-order valence-electron chi connectivity index (χ1n) is 12.3. The molecule has 2 saturated carbocycles. The lowest BCUT2D eigenvalue weighted by molar-refractivity contribution is -0.139. The maximum atomic E-state index is 14.5. The number of carbonyl (C=O) groups is 1. The lowest BCUT2D eigenvalue weighted by Gasteiger charge is -2.40. The van der Waals surface area contributed by atoms with Gasteiger partial charge in [-0.1, -0.05) is 0 Å². The number of nitrogens with zero attached hydrogens (tertiary/aromatic N) is 4. The molecule has 0 atom stereocenters. The van der Waals surface area contributed by atoms with E-state index in [9.17, 15) is 9.18 Å². The standard InChI is InChI=1S/C24H40FN5O3/c1-28(11-10-26)14-19-21(18-4-6-23(7-5-18,16-32-2)17-33-3)20-15-29(12-13-30(20)27-19)22(31)24(25)8-9-24/h18H,4-17,26H2,1-3H3. The van der Waals surface area contributed by atoms with Gasteiger partial charge in [0, 0.05) is 51.4 Å². The van der Waals surface area contributed by atoms with Crippen LogP contribution in [0.15, 0.2) is 0 Å². The summed E-state index contributed by atoms with van der Waals surface area (Å²) in [5.74, 6) is 0.0257. The second kappa shape index (κ2) is 9.98. The predicted octanol–water partition coefficient (Wildman–Crippen LogP) is 2.05. The summed E-state index contributed by atoms with van der Waals surface area (Å²) < 4.78 is 27.7. The first-order valence-corrected chi connectivity index (χ1v) is 12.3. The van der Waals surface area contributed by atoms with Crippen molar-refractivity contribution in [2.24, 2.45) is 11.1 Å². The van der Waals surface area contributed by atoms with Crippen molar-refractivity contribution < 1.29 is 18.7 Å². The summed E-state index contributed by atoms with van der Waals surface area (Å²) >= 11 is 0. The van der Waals surface area contributed by atoms with E-state index >= 15 is 0 Å². The number of carbonyl (C=O) groups excluding carboxylic acids is 1. The third kappa shape index (κ3) is 5.11. The molecule has 0 bridgehead atoms. The Morgan fingerprint density at radius 3 is 2.42 bits per heavy atom. The Kier molecular flexibility index (Phi) is 7.43. The molecule has 0 unspecified atom stereocenters. The predicted molar refractivity (Wildman–Crippen MR) is 123 cm³/mol. The molecule has 2 aliphatic carbocycles. The molecule has 0 radical (unpaired) electrons. The minimum atomic E-state index is -1.63. The number of hydrogen-bond acceptors (Lipinski definition) is 6. The Morgan fingerprint density at radius 2 is 1.85 bits per heavy atom. The van der Waals surface area contributed by atoms with Gasteiger partial charge in [-0.05, 0) is 51.5 Å². The number of alkyl halides is 1. The van der Waals surface area contributed by atoms with E-state index in [1.54, 1.807) is 19.1 Å². The van der Waals surface area contributed by atoms with Gasteiger partial charge in [0.1, 0.15) is 0 Å². The van der Waals surface area contributed by atoms with Gasteiger partial charge < -0.3 is 20.1 Å². The van der Waals surface area contributed by atoms with Gasteiger partial charge in [0.05, 0.1) is 37.7 Å². The molecular formula is C24H40FN5O3. The van der Waals surface area contributed by atoms with E-state index in [0.717, 1.165) is 50.2 Å². The van der Waals surface area contributed by atoms with Crippen LogP contribution in [0.3, 0.4) is 0 Å². The van der Waals surface area contributed by atoms with Crippen molar-refractivity contribution in [1.82, 2.24) is 19.6 Å². The van der Waals surface area contributed by atoms with E-state index in [0.29, 0.717) is 58.2 Å².